The lowest BCUT2D eigenvalue weighted by molar-refractivity contribution is -0.111. The average Bonchev–Trinajstić information content (AvgIpc) is 3.56. The Balaban J connectivity index is 1.35. The van der Waals surface area contributed by atoms with Gasteiger partial charge in [0.05, 0.1) is 23.8 Å². The van der Waals surface area contributed by atoms with Crippen LogP contribution in [0.4, 0.5) is 32.5 Å². The number of hydrogen-bond acceptors (Lipinski definition) is 7. The van der Waals surface area contributed by atoms with Crippen LogP contribution in [0.15, 0.2) is 91.5 Å². The molecule has 5 rings (SSSR count). The molecule has 13 nitrogen and oxygen atoms in total. The SMILES string of the molecule is C=CC(=O)Nc1ccc(C(=O)Nc2cccc(Nc3nn(C(=O)O)c4c3CN(C(=O)NC(CN(C)C)c3ccccc3)C4(C)C)c2)cc1. The van der Waals surface area contributed by atoms with Crippen LogP contribution in [0.3, 0.4) is 0 Å². The van der Waals surface area contributed by atoms with Crippen LogP contribution in [0.1, 0.15) is 47.1 Å². The van der Waals surface area contributed by atoms with Crippen LogP contribution in [-0.2, 0) is 16.9 Å². The third-order valence-electron chi connectivity index (χ3n) is 8.01. The maximum absolute atomic E-state index is 13.8. The molecular weight excluding hydrogens is 612 g/mol. The molecule has 248 valence electrons. The summed E-state index contributed by atoms with van der Waals surface area (Å²) in [7, 11) is 3.87. The van der Waals surface area contributed by atoms with Crippen LogP contribution in [-0.4, -0.2) is 69.3 Å². The summed E-state index contributed by atoms with van der Waals surface area (Å²) in [5.74, 6) is -0.438. The molecule has 0 fully saturated rings. The fourth-order valence-corrected chi connectivity index (χ4v) is 5.70. The van der Waals surface area contributed by atoms with Crippen molar-refractivity contribution in [3.8, 4) is 0 Å². The molecule has 4 amide bonds. The molecule has 0 radical (unpaired) electrons. The standard InChI is InChI=1S/C35H38N8O5/c1-6-29(44)36-24-17-15-23(16-18-24)32(45)38-26-14-10-13-25(19-26)37-31-27-20-42(35(2,3)30(27)43(40-31)34(47)48)33(46)39-28(21-41(4)5)22-11-8-7-9-12-22/h6-19,28H,1,20-21H2,2-5H3,(H,36,44)(H,37,40)(H,38,45)(H,39,46)(H,47,48). The van der Waals surface area contributed by atoms with Crippen LogP contribution in [0.2, 0.25) is 0 Å². The van der Waals surface area contributed by atoms with Crippen molar-refractivity contribution >= 4 is 46.8 Å². The first-order valence-corrected chi connectivity index (χ1v) is 15.2. The lowest BCUT2D eigenvalue weighted by atomic mass is 10.0. The number of fused-ring (bicyclic) bond motifs is 1. The van der Waals surface area contributed by atoms with Gasteiger partial charge in [0.2, 0.25) is 5.91 Å². The second-order valence-electron chi connectivity index (χ2n) is 12.1. The summed E-state index contributed by atoms with van der Waals surface area (Å²) >= 11 is 0. The zero-order valence-electron chi connectivity index (χ0n) is 27.2. The highest BCUT2D eigenvalue weighted by atomic mass is 16.4. The quantitative estimate of drug-likeness (QED) is 0.139. The number of hydrogen-bond donors (Lipinski definition) is 5. The number of carbonyl (C=O) groups excluding carboxylic acids is 3. The Labute approximate surface area is 278 Å². The summed E-state index contributed by atoms with van der Waals surface area (Å²) in [5, 5.41) is 26.2. The molecule has 0 saturated heterocycles. The normalized spacial score (nSPS) is 13.7. The molecule has 1 atom stereocenters. The van der Waals surface area contributed by atoms with E-state index in [1.54, 1.807) is 67.3 Å². The Morgan fingerprint density at radius 1 is 0.958 bits per heavy atom. The van der Waals surface area contributed by atoms with Gasteiger partial charge in [0.25, 0.3) is 5.91 Å². The van der Waals surface area contributed by atoms with Crippen LogP contribution < -0.4 is 21.3 Å². The smallest absolute Gasteiger partial charge is 0.432 e. The van der Waals surface area contributed by atoms with E-state index in [0.29, 0.717) is 40.4 Å². The molecular formula is C35H38N8O5. The molecule has 4 aromatic rings. The fourth-order valence-electron chi connectivity index (χ4n) is 5.70. The number of carbonyl (C=O) groups is 4. The van der Waals surface area contributed by atoms with Gasteiger partial charge < -0.3 is 36.2 Å². The third kappa shape index (κ3) is 7.21. The molecule has 0 spiro atoms. The van der Waals surface area contributed by atoms with Crippen molar-refractivity contribution in [2.24, 2.45) is 0 Å². The minimum atomic E-state index is -1.28. The minimum absolute atomic E-state index is 0.118. The monoisotopic (exact) mass is 650 g/mol. The molecule has 1 aromatic heterocycles. The van der Waals surface area contributed by atoms with E-state index in [9.17, 15) is 24.3 Å². The Kier molecular flexibility index (Phi) is 9.61. The van der Waals surface area contributed by atoms with E-state index < -0.39 is 11.6 Å². The van der Waals surface area contributed by atoms with Crippen molar-refractivity contribution < 1.29 is 24.3 Å². The highest BCUT2D eigenvalue weighted by Gasteiger charge is 2.47. The maximum atomic E-state index is 13.8. The second kappa shape index (κ2) is 13.8. The van der Waals surface area contributed by atoms with Gasteiger partial charge in [0, 0.05) is 34.7 Å². The predicted octanol–water partition coefficient (Wildman–Crippen LogP) is 5.59. The van der Waals surface area contributed by atoms with E-state index in [0.717, 1.165) is 16.3 Å². The fraction of sp³-hybridized carbons (Fsp3) is 0.229. The molecule has 3 aromatic carbocycles. The third-order valence-corrected chi connectivity index (χ3v) is 8.01. The first-order chi connectivity index (χ1) is 22.9. The summed E-state index contributed by atoms with van der Waals surface area (Å²) in [5.41, 5.74) is 2.83. The highest BCUT2D eigenvalue weighted by molar-refractivity contribution is 6.05. The molecule has 0 bridgehead atoms. The van der Waals surface area contributed by atoms with Crippen LogP contribution in [0.25, 0.3) is 0 Å². The molecule has 1 unspecified atom stereocenters. The summed E-state index contributed by atoms with van der Waals surface area (Å²) < 4.78 is 0.909. The van der Waals surface area contributed by atoms with Gasteiger partial charge in [-0.2, -0.15) is 4.68 Å². The number of amides is 4. The Bertz CT molecular complexity index is 1850. The molecule has 0 aliphatic carbocycles. The molecule has 1 aliphatic rings. The van der Waals surface area contributed by atoms with Gasteiger partial charge in [0.15, 0.2) is 5.82 Å². The summed E-state index contributed by atoms with van der Waals surface area (Å²) in [6.07, 6.45) is -0.120. The topological polar surface area (TPSA) is 161 Å². The number of benzene rings is 3. The van der Waals surface area contributed by atoms with Gasteiger partial charge in [-0.15, -0.1) is 5.10 Å². The number of likely N-dealkylation sites (N-methyl/N-ethyl adjacent to an activating group) is 1. The van der Waals surface area contributed by atoms with Gasteiger partial charge in [-0.25, -0.2) is 9.59 Å². The summed E-state index contributed by atoms with van der Waals surface area (Å²) in [4.78, 5) is 54.2. The van der Waals surface area contributed by atoms with E-state index in [-0.39, 0.29) is 36.2 Å². The predicted molar refractivity (Wildman–Crippen MR) is 183 cm³/mol. The van der Waals surface area contributed by atoms with Crippen molar-refractivity contribution in [1.29, 1.82) is 0 Å². The molecule has 13 heteroatoms. The van der Waals surface area contributed by atoms with Crippen molar-refractivity contribution in [2.75, 3.05) is 36.6 Å². The second-order valence-corrected chi connectivity index (χ2v) is 12.1. The van der Waals surface area contributed by atoms with Crippen molar-refractivity contribution in [3.63, 3.8) is 0 Å². The molecule has 48 heavy (non-hydrogen) atoms. The number of aromatic nitrogens is 2. The number of nitrogens with zero attached hydrogens (tertiary/aromatic N) is 4. The lowest BCUT2D eigenvalue weighted by Gasteiger charge is -2.34. The van der Waals surface area contributed by atoms with Gasteiger partial charge in [-0.3, -0.25) is 9.59 Å². The van der Waals surface area contributed by atoms with Gasteiger partial charge >= 0.3 is 12.1 Å². The molecule has 0 saturated carbocycles. The van der Waals surface area contributed by atoms with Crippen LogP contribution in [0, 0.1) is 0 Å². The Morgan fingerprint density at radius 2 is 1.65 bits per heavy atom. The number of nitrogens with one attached hydrogen (secondary N) is 4. The van der Waals surface area contributed by atoms with E-state index in [1.165, 1.54) is 0 Å². The molecule has 2 heterocycles. The van der Waals surface area contributed by atoms with Crippen LogP contribution >= 0.6 is 0 Å². The van der Waals surface area contributed by atoms with Crippen molar-refractivity contribution in [1.82, 2.24) is 24.9 Å². The van der Waals surface area contributed by atoms with Gasteiger partial charge in [0.1, 0.15) is 0 Å². The van der Waals surface area contributed by atoms with Gasteiger partial charge in [-0.1, -0.05) is 43.0 Å². The van der Waals surface area contributed by atoms with E-state index in [2.05, 4.69) is 32.9 Å². The van der Waals surface area contributed by atoms with Crippen molar-refractivity contribution in [3.05, 3.63) is 114 Å². The Morgan fingerprint density at radius 3 is 2.29 bits per heavy atom. The maximum Gasteiger partial charge on any atom is 0.432 e. The zero-order valence-corrected chi connectivity index (χ0v) is 27.2. The van der Waals surface area contributed by atoms with Gasteiger partial charge in [-0.05, 0) is 82.0 Å². The van der Waals surface area contributed by atoms with E-state index in [1.807, 2.05) is 49.3 Å². The average molecular weight is 651 g/mol. The number of carboxylic acid groups (broad SMARTS) is 1. The van der Waals surface area contributed by atoms with E-state index >= 15 is 0 Å². The Hall–Kier alpha value is -5.95. The number of urea groups is 1. The molecule has 1 aliphatic heterocycles. The lowest BCUT2D eigenvalue weighted by Crippen LogP contribution is -2.49. The zero-order chi connectivity index (χ0) is 34.6. The molecule has 5 N–H and O–H groups in total. The summed E-state index contributed by atoms with van der Waals surface area (Å²) in [6.45, 7) is 7.69. The highest BCUT2D eigenvalue weighted by Crippen LogP contribution is 2.43. The largest absolute Gasteiger partial charge is 0.463 e. The first-order valence-electron chi connectivity index (χ1n) is 15.2. The first kappa shape index (κ1) is 33.4. The van der Waals surface area contributed by atoms with Crippen LogP contribution in [0.5, 0.6) is 0 Å². The van der Waals surface area contributed by atoms with Crippen molar-refractivity contribution in [2.45, 2.75) is 32.0 Å². The number of rotatable bonds is 10. The number of anilines is 4. The minimum Gasteiger partial charge on any atom is -0.463 e. The summed E-state index contributed by atoms with van der Waals surface area (Å²) in [6, 6.07) is 22.4. The van der Waals surface area contributed by atoms with E-state index in [4.69, 9.17) is 0 Å².